The van der Waals surface area contributed by atoms with Crippen molar-refractivity contribution in [1.82, 2.24) is 5.32 Å². The molecule has 108 valence electrons. The Morgan fingerprint density at radius 1 is 1.63 bits per heavy atom. The number of nitrogens with zero attached hydrogens (tertiary/aromatic N) is 1. The van der Waals surface area contributed by atoms with Gasteiger partial charge in [0.25, 0.3) is 0 Å². The molecule has 1 aliphatic heterocycles. The number of alkyl carbamates (subject to hydrolysis) is 1. The van der Waals surface area contributed by atoms with E-state index < -0.39 is 29.8 Å². The average Bonchev–Trinajstić information content (AvgIpc) is 2.60. The Hall–Kier alpha value is -1.50. The van der Waals surface area contributed by atoms with Gasteiger partial charge >= 0.3 is 12.1 Å². The van der Waals surface area contributed by atoms with Gasteiger partial charge in [-0.1, -0.05) is 16.8 Å². The first-order valence-corrected chi connectivity index (χ1v) is 6.15. The number of rotatable bonds is 4. The van der Waals surface area contributed by atoms with E-state index >= 15 is 0 Å². The third-order valence-corrected chi connectivity index (χ3v) is 2.41. The van der Waals surface area contributed by atoms with Gasteiger partial charge < -0.3 is 20.0 Å². The van der Waals surface area contributed by atoms with Crippen LogP contribution < -0.4 is 5.32 Å². The van der Waals surface area contributed by atoms with Gasteiger partial charge in [-0.25, -0.2) is 9.59 Å². The summed E-state index contributed by atoms with van der Waals surface area (Å²) < 4.78 is 5.00. The van der Waals surface area contributed by atoms with E-state index in [9.17, 15) is 9.59 Å². The zero-order valence-electron chi connectivity index (χ0n) is 11.0. The maximum Gasteiger partial charge on any atom is 0.408 e. The van der Waals surface area contributed by atoms with Crippen LogP contribution in [-0.2, 0) is 14.4 Å². The van der Waals surface area contributed by atoms with Crippen LogP contribution in [0.5, 0.6) is 0 Å². The summed E-state index contributed by atoms with van der Waals surface area (Å²) in [7, 11) is 0. The minimum atomic E-state index is -1.17. The first-order chi connectivity index (χ1) is 8.67. The number of nitrogens with one attached hydrogen (secondary N) is 1. The van der Waals surface area contributed by atoms with Crippen molar-refractivity contribution < 1.29 is 24.3 Å². The number of ether oxygens (including phenoxy) is 1. The monoisotopic (exact) mass is 292 g/mol. The molecular weight excluding hydrogens is 276 g/mol. The van der Waals surface area contributed by atoms with E-state index in [0.717, 1.165) is 0 Å². The second-order valence-electron chi connectivity index (χ2n) is 5.17. The third-order valence-electron chi connectivity index (χ3n) is 2.18. The second-order valence-corrected chi connectivity index (χ2v) is 5.61. The highest BCUT2D eigenvalue weighted by Crippen LogP contribution is 2.18. The van der Waals surface area contributed by atoms with Crippen molar-refractivity contribution in [3.05, 3.63) is 0 Å². The van der Waals surface area contributed by atoms with Crippen LogP contribution in [0.25, 0.3) is 0 Å². The lowest BCUT2D eigenvalue weighted by Crippen LogP contribution is -2.45. The molecule has 19 heavy (non-hydrogen) atoms. The summed E-state index contributed by atoms with van der Waals surface area (Å²) in [5.41, 5.74) is -0.691. The predicted octanol–water partition coefficient (Wildman–Crippen LogP) is 1.70. The fourth-order valence-electron chi connectivity index (χ4n) is 1.45. The lowest BCUT2D eigenvalue weighted by Gasteiger charge is -2.22. The minimum absolute atomic E-state index is 0.0638. The average molecular weight is 293 g/mol. The summed E-state index contributed by atoms with van der Waals surface area (Å²) in [5, 5.41) is 15.1. The number of hydrogen-bond acceptors (Lipinski definition) is 5. The molecule has 0 saturated heterocycles. The number of carboxylic acids is 1. The first kappa shape index (κ1) is 15.6. The topological polar surface area (TPSA) is 97.2 Å². The van der Waals surface area contributed by atoms with Crippen molar-refractivity contribution in [3.8, 4) is 0 Å². The Morgan fingerprint density at radius 2 is 2.26 bits per heavy atom. The number of hydrogen-bond donors (Lipinski definition) is 2. The van der Waals surface area contributed by atoms with Gasteiger partial charge in [-0.05, 0) is 20.8 Å². The van der Waals surface area contributed by atoms with Gasteiger partial charge in [-0.3, -0.25) is 0 Å². The molecule has 0 bridgehead atoms. The van der Waals surface area contributed by atoms with Crippen molar-refractivity contribution in [1.29, 1.82) is 0 Å². The maximum atomic E-state index is 11.5. The number of halogens is 1. The molecule has 0 radical (unpaired) electrons. The molecule has 1 aliphatic rings. The summed E-state index contributed by atoms with van der Waals surface area (Å²) in [4.78, 5) is 27.5. The quantitative estimate of drug-likeness (QED) is 0.822. The summed E-state index contributed by atoms with van der Waals surface area (Å²) in [6.07, 6.45) is -0.844. The van der Waals surface area contributed by atoms with Crippen molar-refractivity contribution in [2.45, 2.75) is 51.4 Å². The van der Waals surface area contributed by atoms with Gasteiger partial charge in [0.05, 0.1) is 0 Å². The molecule has 1 heterocycles. The Morgan fingerprint density at radius 3 is 2.68 bits per heavy atom. The van der Waals surface area contributed by atoms with Crippen LogP contribution in [0.2, 0.25) is 0 Å². The van der Waals surface area contributed by atoms with Crippen molar-refractivity contribution in [3.63, 3.8) is 0 Å². The number of carboxylic acid groups (broad SMARTS) is 1. The molecule has 0 spiro atoms. The molecule has 1 unspecified atom stereocenters. The van der Waals surface area contributed by atoms with E-state index in [-0.39, 0.29) is 11.6 Å². The van der Waals surface area contributed by atoms with E-state index in [1.807, 2.05) is 0 Å². The zero-order valence-corrected chi connectivity index (χ0v) is 11.7. The lowest BCUT2D eigenvalue weighted by molar-refractivity contribution is -0.140. The Balaban J connectivity index is 2.50. The molecular formula is C11H17ClN2O5. The SMILES string of the molecule is CC(C)(C)OC(=O)N[C@H](CC1CC(Cl)=NO1)C(=O)O. The van der Waals surface area contributed by atoms with Crippen LogP contribution in [0.3, 0.4) is 0 Å². The molecule has 0 aromatic carbocycles. The van der Waals surface area contributed by atoms with Crippen molar-refractivity contribution in [2.24, 2.45) is 5.16 Å². The number of oxime groups is 1. The number of carbonyl (C=O) groups excluding carboxylic acids is 1. The standard InChI is InChI=1S/C11H17ClN2O5/c1-11(2,3)18-10(17)13-7(9(15)16)4-6-5-8(12)14-19-6/h6-7H,4-5H2,1-3H3,(H,13,17)(H,15,16)/t6?,7-/m1/s1. The molecule has 8 heteroatoms. The van der Waals surface area contributed by atoms with E-state index in [2.05, 4.69) is 10.5 Å². The number of carbonyl (C=O) groups is 2. The Labute approximate surface area is 115 Å². The van der Waals surface area contributed by atoms with E-state index in [0.29, 0.717) is 6.42 Å². The lowest BCUT2D eigenvalue weighted by atomic mass is 10.1. The molecule has 7 nitrogen and oxygen atoms in total. The molecule has 0 fully saturated rings. The van der Waals surface area contributed by atoms with Crippen molar-refractivity contribution >= 4 is 28.8 Å². The molecule has 0 aromatic rings. The van der Waals surface area contributed by atoms with E-state index in [1.54, 1.807) is 20.8 Å². The molecule has 0 saturated carbocycles. The highest BCUT2D eigenvalue weighted by Gasteiger charge is 2.30. The van der Waals surface area contributed by atoms with Crippen LogP contribution in [0, 0.1) is 0 Å². The van der Waals surface area contributed by atoms with Crippen LogP contribution in [-0.4, -0.2) is 40.1 Å². The Kier molecular flexibility index (Phi) is 4.99. The van der Waals surface area contributed by atoms with Gasteiger partial charge in [0.15, 0.2) is 0 Å². The molecule has 0 aliphatic carbocycles. The number of aliphatic carboxylic acids is 1. The van der Waals surface area contributed by atoms with Crippen LogP contribution in [0.4, 0.5) is 4.79 Å². The predicted molar refractivity (Wildman–Crippen MR) is 68.2 cm³/mol. The minimum Gasteiger partial charge on any atom is -0.480 e. The second kappa shape index (κ2) is 6.10. The maximum absolute atomic E-state index is 11.5. The zero-order chi connectivity index (χ0) is 14.6. The molecule has 0 aromatic heterocycles. The van der Waals surface area contributed by atoms with Crippen LogP contribution in [0.1, 0.15) is 33.6 Å². The number of amides is 1. The fourth-order valence-corrected chi connectivity index (χ4v) is 1.67. The van der Waals surface area contributed by atoms with E-state index in [1.165, 1.54) is 0 Å². The van der Waals surface area contributed by atoms with Gasteiger partial charge in [-0.2, -0.15) is 0 Å². The van der Waals surface area contributed by atoms with E-state index in [4.69, 9.17) is 26.3 Å². The summed E-state index contributed by atoms with van der Waals surface area (Å²) in [6.45, 7) is 5.07. The van der Waals surface area contributed by atoms with Crippen LogP contribution >= 0.6 is 11.6 Å². The summed E-state index contributed by atoms with van der Waals surface area (Å²) in [5.74, 6) is -1.17. The van der Waals surface area contributed by atoms with Gasteiger partial charge in [0, 0.05) is 12.8 Å². The van der Waals surface area contributed by atoms with Gasteiger partial charge in [0.2, 0.25) is 0 Å². The highest BCUT2D eigenvalue weighted by molar-refractivity contribution is 6.65. The largest absolute Gasteiger partial charge is 0.480 e. The fraction of sp³-hybridized carbons (Fsp3) is 0.727. The first-order valence-electron chi connectivity index (χ1n) is 5.78. The molecule has 1 rings (SSSR count). The van der Waals surface area contributed by atoms with Gasteiger partial charge in [0.1, 0.15) is 22.9 Å². The third kappa shape index (κ3) is 5.78. The van der Waals surface area contributed by atoms with Crippen LogP contribution in [0.15, 0.2) is 5.16 Å². The molecule has 2 atom stereocenters. The molecule has 1 amide bonds. The highest BCUT2D eigenvalue weighted by atomic mass is 35.5. The Bertz CT molecular complexity index is 391. The molecule has 2 N–H and O–H groups in total. The summed E-state index contributed by atoms with van der Waals surface area (Å²) in [6, 6.07) is -1.11. The smallest absolute Gasteiger partial charge is 0.408 e. The van der Waals surface area contributed by atoms with Gasteiger partial charge in [-0.15, -0.1) is 0 Å². The summed E-state index contributed by atoms with van der Waals surface area (Å²) >= 11 is 5.63. The normalized spacial score (nSPS) is 20.2. The van der Waals surface area contributed by atoms with Crippen molar-refractivity contribution in [2.75, 3.05) is 0 Å².